The van der Waals surface area contributed by atoms with Crippen molar-refractivity contribution in [2.75, 3.05) is 7.05 Å². The molecule has 1 heterocycles. The first kappa shape index (κ1) is 13.5. The first-order chi connectivity index (χ1) is 9.22. The second-order valence-corrected chi connectivity index (χ2v) is 4.24. The minimum Gasteiger partial charge on any atom is -0.486 e. The molecule has 0 unspecified atom stereocenters. The maximum absolute atomic E-state index is 13.4. The molecule has 2 aromatic rings. The van der Waals surface area contributed by atoms with Crippen molar-refractivity contribution < 1.29 is 9.13 Å². The number of imidazole rings is 1. The fourth-order valence-electron chi connectivity index (χ4n) is 1.93. The van der Waals surface area contributed by atoms with E-state index in [-0.39, 0.29) is 5.82 Å². The number of aryl methyl sites for hydroxylation is 1. The number of nitrogens with one attached hydrogen (secondary N) is 1. The van der Waals surface area contributed by atoms with Gasteiger partial charge in [-0.05, 0) is 31.7 Å². The largest absolute Gasteiger partial charge is 0.486 e. The third-order valence-corrected chi connectivity index (χ3v) is 2.82. The van der Waals surface area contributed by atoms with Crippen molar-refractivity contribution in [3.05, 3.63) is 47.8 Å². The first-order valence-corrected chi connectivity index (χ1v) is 6.29. The average molecular weight is 263 g/mol. The molecule has 0 atom stereocenters. The van der Waals surface area contributed by atoms with Gasteiger partial charge in [0, 0.05) is 31.5 Å². The number of hydrogen-bond acceptors (Lipinski definition) is 3. The molecule has 0 saturated carbocycles. The highest BCUT2D eigenvalue weighted by atomic mass is 19.1. The zero-order valence-electron chi connectivity index (χ0n) is 11.2. The van der Waals surface area contributed by atoms with Gasteiger partial charge >= 0.3 is 0 Å². The van der Waals surface area contributed by atoms with Crippen LogP contribution in [0.25, 0.3) is 0 Å². The molecule has 19 heavy (non-hydrogen) atoms. The highest BCUT2D eigenvalue weighted by molar-refractivity contribution is 5.29. The van der Waals surface area contributed by atoms with Crippen LogP contribution in [-0.2, 0) is 19.7 Å². The number of halogens is 1. The third-order valence-electron chi connectivity index (χ3n) is 2.82. The van der Waals surface area contributed by atoms with Crippen molar-refractivity contribution in [2.24, 2.45) is 0 Å². The Bertz CT molecular complexity index is 539. The van der Waals surface area contributed by atoms with Crippen molar-refractivity contribution in [1.82, 2.24) is 14.9 Å². The van der Waals surface area contributed by atoms with Crippen LogP contribution in [-0.4, -0.2) is 16.6 Å². The molecular weight excluding hydrogens is 245 g/mol. The van der Waals surface area contributed by atoms with Gasteiger partial charge in [-0.25, -0.2) is 9.37 Å². The summed E-state index contributed by atoms with van der Waals surface area (Å²) in [4.78, 5) is 4.22. The molecule has 0 spiro atoms. The smallest absolute Gasteiger partial charge is 0.146 e. The van der Waals surface area contributed by atoms with Crippen LogP contribution in [0.4, 0.5) is 4.39 Å². The monoisotopic (exact) mass is 263 g/mol. The van der Waals surface area contributed by atoms with E-state index >= 15 is 0 Å². The summed E-state index contributed by atoms with van der Waals surface area (Å²) in [5, 5.41) is 2.99. The van der Waals surface area contributed by atoms with E-state index in [2.05, 4.69) is 10.3 Å². The summed E-state index contributed by atoms with van der Waals surface area (Å²) in [6.45, 7) is 3.83. The van der Waals surface area contributed by atoms with E-state index in [1.54, 1.807) is 6.20 Å². The van der Waals surface area contributed by atoms with E-state index < -0.39 is 0 Å². The lowest BCUT2D eigenvalue weighted by Crippen LogP contribution is -2.07. The summed E-state index contributed by atoms with van der Waals surface area (Å²) in [5.74, 6) is 1.07. The lowest BCUT2D eigenvalue weighted by molar-refractivity contribution is 0.288. The molecule has 0 fully saturated rings. The van der Waals surface area contributed by atoms with E-state index in [1.165, 1.54) is 12.1 Å². The zero-order valence-corrected chi connectivity index (χ0v) is 11.2. The van der Waals surface area contributed by atoms with Gasteiger partial charge in [-0.1, -0.05) is 0 Å². The Labute approximate surface area is 112 Å². The van der Waals surface area contributed by atoms with E-state index in [4.69, 9.17) is 4.74 Å². The van der Waals surface area contributed by atoms with Gasteiger partial charge in [-0.15, -0.1) is 0 Å². The Balaban J connectivity index is 2.06. The Hall–Kier alpha value is -1.88. The van der Waals surface area contributed by atoms with Gasteiger partial charge in [0.15, 0.2) is 0 Å². The second-order valence-electron chi connectivity index (χ2n) is 4.24. The molecule has 1 N–H and O–H groups in total. The lowest BCUT2D eigenvalue weighted by Gasteiger charge is -2.09. The minimum absolute atomic E-state index is 0.290. The van der Waals surface area contributed by atoms with E-state index in [0.717, 1.165) is 17.9 Å². The predicted octanol–water partition coefficient (Wildman–Crippen LogP) is 2.34. The quantitative estimate of drug-likeness (QED) is 0.869. The standard InChI is InChI=1S/C14H18FN3O/c1-3-18-5-4-17-14(18)10-19-13-7-11(9-16-2)6-12(15)8-13/h4-8,16H,3,9-10H2,1-2H3. The Kier molecular flexibility index (Phi) is 4.52. The number of aromatic nitrogens is 2. The van der Waals surface area contributed by atoms with Crippen LogP contribution < -0.4 is 10.1 Å². The van der Waals surface area contributed by atoms with Crippen LogP contribution in [0.2, 0.25) is 0 Å². The fraction of sp³-hybridized carbons (Fsp3) is 0.357. The van der Waals surface area contributed by atoms with Crippen LogP contribution >= 0.6 is 0 Å². The minimum atomic E-state index is -0.290. The molecule has 0 aliphatic rings. The summed E-state index contributed by atoms with van der Waals surface area (Å²) in [7, 11) is 1.82. The number of hydrogen-bond donors (Lipinski definition) is 1. The molecular formula is C14H18FN3O. The Morgan fingerprint density at radius 3 is 2.95 bits per heavy atom. The molecule has 0 aliphatic carbocycles. The van der Waals surface area contributed by atoms with Crippen LogP contribution in [0, 0.1) is 5.82 Å². The van der Waals surface area contributed by atoms with Crippen LogP contribution in [0.3, 0.4) is 0 Å². The SMILES string of the molecule is CCn1ccnc1COc1cc(F)cc(CNC)c1. The van der Waals surface area contributed by atoms with Crippen molar-refractivity contribution in [2.45, 2.75) is 26.6 Å². The molecule has 102 valence electrons. The van der Waals surface area contributed by atoms with E-state index in [0.29, 0.717) is 18.9 Å². The molecule has 1 aromatic heterocycles. The molecule has 0 aliphatic heterocycles. The van der Waals surface area contributed by atoms with Crippen molar-refractivity contribution in [3.8, 4) is 5.75 Å². The van der Waals surface area contributed by atoms with Crippen molar-refractivity contribution in [3.63, 3.8) is 0 Å². The van der Waals surface area contributed by atoms with Crippen LogP contribution in [0.5, 0.6) is 5.75 Å². The lowest BCUT2D eigenvalue weighted by atomic mass is 10.2. The number of benzene rings is 1. The third kappa shape index (κ3) is 3.54. The molecule has 2 rings (SSSR count). The van der Waals surface area contributed by atoms with Crippen molar-refractivity contribution >= 4 is 0 Å². The van der Waals surface area contributed by atoms with E-state index in [9.17, 15) is 4.39 Å². The Morgan fingerprint density at radius 2 is 2.21 bits per heavy atom. The van der Waals surface area contributed by atoms with Gasteiger partial charge < -0.3 is 14.6 Å². The summed E-state index contributed by atoms with van der Waals surface area (Å²) >= 11 is 0. The summed E-state index contributed by atoms with van der Waals surface area (Å²) in [6, 6.07) is 4.72. The number of nitrogens with zero attached hydrogens (tertiary/aromatic N) is 2. The molecule has 4 nitrogen and oxygen atoms in total. The molecule has 0 radical (unpaired) electrons. The van der Waals surface area contributed by atoms with E-state index in [1.807, 2.05) is 30.8 Å². The fourth-order valence-corrected chi connectivity index (χ4v) is 1.93. The van der Waals surface area contributed by atoms with Gasteiger partial charge in [-0.3, -0.25) is 0 Å². The van der Waals surface area contributed by atoms with Gasteiger partial charge in [0.05, 0.1) is 0 Å². The zero-order chi connectivity index (χ0) is 13.7. The molecule has 0 bridgehead atoms. The highest BCUT2D eigenvalue weighted by Gasteiger charge is 2.05. The molecule has 0 saturated heterocycles. The van der Waals surface area contributed by atoms with Gasteiger partial charge in [0.25, 0.3) is 0 Å². The second kappa shape index (κ2) is 6.33. The van der Waals surface area contributed by atoms with Gasteiger partial charge in [0.2, 0.25) is 0 Å². The summed E-state index contributed by atoms with van der Waals surface area (Å²) < 4.78 is 21.0. The molecule has 5 heteroatoms. The Morgan fingerprint density at radius 1 is 1.37 bits per heavy atom. The predicted molar refractivity (Wildman–Crippen MR) is 71.4 cm³/mol. The van der Waals surface area contributed by atoms with Crippen LogP contribution in [0.1, 0.15) is 18.3 Å². The highest BCUT2D eigenvalue weighted by Crippen LogP contribution is 2.17. The number of ether oxygens (including phenoxy) is 1. The topological polar surface area (TPSA) is 39.1 Å². The summed E-state index contributed by atoms with van der Waals surface area (Å²) in [6.07, 6.45) is 3.64. The van der Waals surface area contributed by atoms with Crippen molar-refractivity contribution in [1.29, 1.82) is 0 Å². The van der Waals surface area contributed by atoms with Gasteiger partial charge in [-0.2, -0.15) is 0 Å². The van der Waals surface area contributed by atoms with Crippen LogP contribution in [0.15, 0.2) is 30.6 Å². The summed E-state index contributed by atoms with van der Waals surface area (Å²) in [5.41, 5.74) is 0.858. The normalized spacial score (nSPS) is 10.7. The first-order valence-electron chi connectivity index (χ1n) is 6.29. The number of rotatable bonds is 6. The van der Waals surface area contributed by atoms with Gasteiger partial charge in [0.1, 0.15) is 24.0 Å². The molecule has 1 aromatic carbocycles. The average Bonchev–Trinajstić information content (AvgIpc) is 2.83. The maximum atomic E-state index is 13.4. The molecule has 0 amide bonds. The maximum Gasteiger partial charge on any atom is 0.146 e.